The molecule has 5 nitrogen and oxygen atoms in total. The lowest BCUT2D eigenvalue weighted by molar-refractivity contribution is 0.327. The third-order valence-corrected chi connectivity index (χ3v) is 4.30. The molecule has 1 aromatic rings. The van der Waals surface area contributed by atoms with Crippen LogP contribution >= 0.6 is 0 Å². The number of rotatable bonds is 5. The van der Waals surface area contributed by atoms with E-state index >= 15 is 0 Å². The average molecular weight is 277 g/mol. The molecule has 0 aliphatic heterocycles. The van der Waals surface area contributed by atoms with E-state index in [0.29, 0.717) is 12.0 Å². The highest BCUT2D eigenvalue weighted by atomic mass is 15.3. The quantitative estimate of drug-likeness (QED) is 0.569. The van der Waals surface area contributed by atoms with Gasteiger partial charge in [0.2, 0.25) is 0 Å². The summed E-state index contributed by atoms with van der Waals surface area (Å²) in [7, 11) is 0. The first-order chi connectivity index (χ1) is 9.65. The highest BCUT2D eigenvalue weighted by Crippen LogP contribution is 2.32. The third-order valence-electron chi connectivity index (χ3n) is 4.30. The first kappa shape index (κ1) is 15.0. The number of hydrogen-bond acceptors (Lipinski definition) is 5. The molecule has 0 aromatic carbocycles. The van der Waals surface area contributed by atoms with Gasteiger partial charge in [-0.15, -0.1) is 0 Å². The molecule has 1 aliphatic carbocycles. The van der Waals surface area contributed by atoms with Crippen molar-refractivity contribution in [3.63, 3.8) is 0 Å². The van der Waals surface area contributed by atoms with Crippen LogP contribution in [-0.2, 0) is 0 Å². The fourth-order valence-corrected chi connectivity index (χ4v) is 3.16. The predicted octanol–water partition coefficient (Wildman–Crippen LogP) is 3.27. The van der Waals surface area contributed by atoms with Gasteiger partial charge in [-0.2, -0.15) is 0 Å². The Morgan fingerprint density at radius 1 is 1.30 bits per heavy atom. The van der Waals surface area contributed by atoms with Crippen LogP contribution in [0, 0.1) is 5.92 Å². The Bertz CT molecular complexity index is 432. The van der Waals surface area contributed by atoms with E-state index in [-0.39, 0.29) is 0 Å². The van der Waals surface area contributed by atoms with Crippen molar-refractivity contribution in [3.8, 4) is 0 Å². The summed E-state index contributed by atoms with van der Waals surface area (Å²) in [6.07, 6.45) is 7.98. The van der Waals surface area contributed by atoms with Crippen LogP contribution in [0.2, 0.25) is 0 Å². The maximum atomic E-state index is 5.57. The Balaban J connectivity index is 2.16. The van der Waals surface area contributed by atoms with Crippen molar-refractivity contribution < 1.29 is 0 Å². The number of hydrazine groups is 1. The number of nitrogens with two attached hydrogens (primary N) is 1. The minimum Gasteiger partial charge on any atom is -0.367 e. The summed E-state index contributed by atoms with van der Waals surface area (Å²) in [5.41, 5.74) is 3.76. The van der Waals surface area contributed by atoms with Gasteiger partial charge in [0, 0.05) is 11.6 Å². The maximum absolute atomic E-state index is 5.57. The van der Waals surface area contributed by atoms with Crippen LogP contribution in [0.1, 0.15) is 64.4 Å². The van der Waals surface area contributed by atoms with Crippen molar-refractivity contribution >= 4 is 11.6 Å². The zero-order valence-electron chi connectivity index (χ0n) is 12.8. The molecule has 2 unspecified atom stereocenters. The molecule has 1 fully saturated rings. The molecule has 0 radical (unpaired) electrons. The normalized spacial score (nSPS) is 22.9. The first-order valence-corrected chi connectivity index (χ1v) is 7.73. The summed E-state index contributed by atoms with van der Waals surface area (Å²) in [5.74, 6) is 8.40. The third kappa shape index (κ3) is 3.39. The second-order valence-corrected chi connectivity index (χ2v) is 6.07. The van der Waals surface area contributed by atoms with E-state index in [9.17, 15) is 0 Å². The molecule has 2 atom stereocenters. The molecule has 1 saturated carbocycles. The Labute approximate surface area is 121 Å². The van der Waals surface area contributed by atoms with Crippen LogP contribution in [0.5, 0.6) is 0 Å². The van der Waals surface area contributed by atoms with E-state index in [0.717, 1.165) is 23.1 Å². The van der Waals surface area contributed by atoms with E-state index in [2.05, 4.69) is 41.5 Å². The van der Waals surface area contributed by atoms with Crippen LogP contribution in [0.15, 0.2) is 6.33 Å². The van der Waals surface area contributed by atoms with Gasteiger partial charge < -0.3 is 10.7 Å². The topological polar surface area (TPSA) is 75.9 Å². The van der Waals surface area contributed by atoms with E-state index < -0.39 is 0 Å². The SMILES string of the molecule is CCC1CCCC(Nc2ncnc(NN)c2C(C)C)C1. The standard InChI is InChI=1S/C15H27N5/c1-4-11-6-5-7-12(8-11)19-14-13(10(2)3)15(20-16)18-9-17-14/h9-12H,4-8,16H2,1-3H3,(H2,17,18,19,20). The molecule has 0 bridgehead atoms. The van der Waals surface area contributed by atoms with Crippen molar-refractivity contribution in [2.24, 2.45) is 11.8 Å². The number of anilines is 2. The van der Waals surface area contributed by atoms with E-state index in [1.54, 1.807) is 6.33 Å². The van der Waals surface area contributed by atoms with E-state index in [1.807, 2.05) is 0 Å². The first-order valence-electron chi connectivity index (χ1n) is 7.73. The fourth-order valence-electron chi connectivity index (χ4n) is 3.16. The molecular weight excluding hydrogens is 250 g/mol. The smallest absolute Gasteiger partial charge is 0.148 e. The molecule has 5 heteroatoms. The summed E-state index contributed by atoms with van der Waals surface area (Å²) in [5, 5.41) is 3.62. The van der Waals surface area contributed by atoms with Gasteiger partial charge in [0.1, 0.15) is 18.0 Å². The zero-order chi connectivity index (χ0) is 14.5. The largest absolute Gasteiger partial charge is 0.367 e. The van der Waals surface area contributed by atoms with Crippen molar-refractivity contribution in [2.45, 2.75) is 64.8 Å². The van der Waals surface area contributed by atoms with Gasteiger partial charge in [0.15, 0.2) is 0 Å². The van der Waals surface area contributed by atoms with Crippen LogP contribution < -0.4 is 16.6 Å². The molecule has 1 heterocycles. The number of hydrogen-bond donors (Lipinski definition) is 3. The molecular formula is C15H27N5. The van der Waals surface area contributed by atoms with Gasteiger partial charge in [0.25, 0.3) is 0 Å². The number of nitrogens with zero attached hydrogens (tertiary/aromatic N) is 2. The number of aromatic nitrogens is 2. The van der Waals surface area contributed by atoms with Gasteiger partial charge in [0.05, 0.1) is 0 Å². The minimum atomic E-state index is 0.329. The van der Waals surface area contributed by atoms with Crippen molar-refractivity contribution in [1.82, 2.24) is 9.97 Å². The van der Waals surface area contributed by atoms with Crippen molar-refractivity contribution in [2.75, 3.05) is 10.7 Å². The molecule has 2 rings (SSSR count). The van der Waals surface area contributed by atoms with E-state index in [1.165, 1.54) is 32.1 Å². The van der Waals surface area contributed by atoms with Crippen LogP contribution in [-0.4, -0.2) is 16.0 Å². The molecule has 20 heavy (non-hydrogen) atoms. The highest BCUT2D eigenvalue weighted by Gasteiger charge is 2.23. The predicted molar refractivity (Wildman–Crippen MR) is 83.6 cm³/mol. The molecule has 1 aromatic heterocycles. The monoisotopic (exact) mass is 277 g/mol. The second kappa shape index (κ2) is 6.88. The van der Waals surface area contributed by atoms with Crippen LogP contribution in [0.3, 0.4) is 0 Å². The number of nitrogen functional groups attached to an aromatic ring is 1. The van der Waals surface area contributed by atoms with Crippen LogP contribution in [0.4, 0.5) is 11.6 Å². The van der Waals surface area contributed by atoms with Gasteiger partial charge in [-0.25, -0.2) is 15.8 Å². The Kier molecular flexibility index (Phi) is 5.17. The zero-order valence-corrected chi connectivity index (χ0v) is 12.8. The van der Waals surface area contributed by atoms with Gasteiger partial charge in [-0.3, -0.25) is 0 Å². The molecule has 0 spiro atoms. The summed E-state index contributed by atoms with van der Waals surface area (Å²) >= 11 is 0. The Hall–Kier alpha value is -1.36. The maximum Gasteiger partial charge on any atom is 0.148 e. The summed E-state index contributed by atoms with van der Waals surface area (Å²) < 4.78 is 0. The lowest BCUT2D eigenvalue weighted by Gasteiger charge is -2.30. The summed E-state index contributed by atoms with van der Waals surface area (Å²) in [6.45, 7) is 6.56. The van der Waals surface area contributed by atoms with E-state index in [4.69, 9.17) is 5.84 Å². The minimum absolute atomic E-state index is 0.329. The van der Waals surface area contributed by atoms with Gasteiger partial charge in [-0.1, -0.05) is 40.0 Å². The fraction of sp³-hybridized carbons (Fsp3) is 0.733. The number of nitrogens with one attached hydrogen (secondary N) is 2. The lowest BCUT2D eigenvalue weighted by Crippen LogP contribution is -2.28. The average Bonchev–Trinajstić information content (AvgIpc) is 2.46. The highest BCUT2D eigenvalue weighted by molar-refractivity contribution is 5.58. The summed E-state index contributed by atoms with van der Waals surface area (Å²) in [4.78, 5) is 8.65. The molecule has 0 amide bonds. The molecule has 112 valence electrons. The van der Waals surface area contributed by atoms with Crippen molar-refractivity contribution in [1.29, 1.82) is 0 Å². The molecule has 1 aliphatic rings. The van der Waals surface area contributed by atoms with Gasteiger partial charge in [-0.05, 0) is 24.7 Å². The van der Waals surface area contributed by atoms with Crippen molar-refractivity contribution in [3.05, 3.63) is 11.9 Å². The summed E-state index contributed by atoms with van der Waals surface area (Å²) in [6, 6.07) is 0.520. The molecule has 4 N–H and O–H groups in total. The van der Waals surface area contributed by atoms with Crippen LogP contribution in [0.25, 0.3) is 0 Å². The Morgan fingerprint density at radius 3 is 2.70 bits per heavy atom. The molecule has 0 saturated heterocycles. The Morgan fingerprint density at radius 2 is 2.05 bits per heavy atom. The lowest BCUT2D eigenvalue weighted by atomic mass is 9.84. The second-order valence-electron chi connectivity index (χ2n) is 6.07. The van der Waals surface area contributed by atoms with Gasteiger partial charge >= 0.3 is 0 Å².